The summed E-state index contributed by atoms with van der Waals surface area (Å²) in [6, 6.07) is 19.7. The van der Waals surface area contributed by atoms with Gasteiger partial charge >= 0.3 is 5.63 Å². The van der Waals surface area contributed by atoms with Crippen molar-refractivity contribution < 1.29 is 4.42 Å². The van der Waals surface area contributed by atoms with E-state index < -0.39 is 0 Å². The van der Waals surface area contributed by atoms with Gasteiger partial charge in [0.25, 0.3) is 0 Å². The fourth-order valence-corrected chi connectivity index (χ4v) is 3.23. The largest absolute Gasteiger partial charge is 0.403 e. The Balaban J connectivity index is 1.92. The number of para-hydroxylation sites is 1. The van der Waals surface area contributed by atoms with Crippen LogP contribution in [0.5, 0.6) is 0 Å². The summed E-state index contributed by atoms with van der Waals surface area (Å²) < 4.78 is 7.40. The summed E-state index contributed by atoms with van der Waals surface area (Å²) in [4.78, 5) is 12.6. The van der Waals surface area contributed by atoms with Gasteiger partial charge in [0.1, 0.15) is 0 Å². The smallest absolute Gasteiger partial charge is 0.341 e. The minimum Gasteiger partial charge on any atom is -0.403 e. The molecule has 124 valence electrons. The van der Waals surface area contributed by atoms with Crippen molar-refractivity contribution in [3.63, 3.8) is 0 Å². The topological polar surface area (TPSA) is 48.0 Å². The third-order valence-corrected chi connectivity index (χ3v) is 4.51. The van der Waals surface area contributed by atoms with E-state index in [2.05, 4.69) is 5.10 Å². The van der Waals surface area contributed by atoms with E-state index in [1.807, 2.05) is 74.5 Å². The van der Waals surface area contributed by atoms with Crippen molar-refractivity contribution in [2.75, 3.05) is 0 Å². The van der Waals surface area contributed by atoms with Gasteiger partial charge < -0.3 is 4.42 Å². The van der Waals surface area contributed by atoms with Gasteiger partial charge in [-0.2, -0.15) is 9.78 Å². The maximum Gasteiger partial charge on any atom is 0.341 e. The van der Waals surface area contributed by atoms with E-state index in [9.17, 15) is 4.79 Å². The lowest BCUT2D eigenvalue weighted by molar-refractivity contribution is 0.527. The Labute approximate surface area is 145 Å². The molecule has 0 unspecified atom stereocenters. The normalized spacial score (nSPS) is 11.1. The summed E-state index contributed by atoms with van der Waals surface area (Å²) in [6.45, 7) is 3.92. The molecule has 0 fully saturated rings. The van der Waals surface area contributed by atoms with Gasteiger partial charge in [0.2, 0.25) is 5.71 Å². The molecule has 2 aromatic carbocycles. The van der Waals surface area contributed by atoms with E-state index in [0.29, 0.717) is 17.7 Å². The number of hydrogen-bond donors (Lipinski definition) is 0. The van der Waals surface area contributed by atoms with Crippen LogP contribution in [0.3, 0.4) is 0 Å². The van der Waals surface area contributed by atoms with Gasteiger partial charge in [-0.25, -0.2) is 4.79 Å². The van der Waals surface area contributed by atoms with Gasteiger partial charge in [0.15, 0.2) is 0 Å². The van der Waals surface area contributed by atoms with E-state index in [-0.39, 0.29) is 5.63 Å². The molecule has 0 bridgehead atoms. The Morgan fingerprint density at radius 2 is 1.60 bits per heavy atom. The lowest BCUT2D eigenvalue weighted by Gasteiger charge is -2.07. The van der Waals surface area contributed by atoms with Crippen LogP contribution in [-0.4, -0.2) is 9.78 Å². The average Bonchev–Trinajstić information content (AvgIpc) is 2.96. The quantitative estimate of drug-likeness (QED) is 0.566. The molecule has 4 aromatic rings. The van der Waals surface area contributed by atoms with Gasteiger partial charge in [-0.05, 0) is 37.1 Å². The fraction of sp³-hybridized carbons (Fsp3) is 0.143. The van der Waals surface area contributed by atoms with Crippen molar-refractivity contribution in [2.45, 2.75) is 20.3 Å². The van der Waals surface area contributed by atoms with Crippen molar-refractivity contribution in [1.29, 1.82) is 0 Å². The molecule has 0 saturated carbocycles. The summed E-state index contributed by atoms with van der Waals surface area (Å²) in [7, 11) is 0. The number of aromatic nitrogens is 2. The molecule has 0 N–H and O–H groups in total. The molecule has 0 radical (unpaired) electrons. The van der Waals surface area contributed by atoms with E-state index in [1.165, 1.54) is 0 Å². The van der Waals surface area contributed by atoms with Crippen LogP contribution in [0.15, 0.2) is 69.9 Å². The molecule has 0 amide bonds. The SMILES string of the molecule is Cc1nn(-c2ccccc2)c2oc(=O)c(Cc3ccccc3)c(C)c12. The molecule has 4 heteroatoms. The Kier molecular flexibility index (Phi) is 3.73. The minimum atomic E-state index is -0.300. The van der Waals surface area contributed by atoms with Crippen LogP contribution in [-0.2, 0) is 6.42 Å². The van der Waals surface area contributed by atoms with Crippen molar-refractivity contribution in [2.24, 2.45) is 0 Å². The Bertz CT molecular complexity index is 1090. The predicted octanol–water partition coefficient (Wildman–Crippen LogP) is 4.19. The highest BCUT2D eigenvalue weighted by Crippen LogP contribution is 2.26. The zero-order valence-corrected chi connectivity index (χ0v) is 14.2. The second-order valence-electron chi connectivity index (χ2n) is 6.17. The van der Waals surface area contributed by atoms with Gasteiger partial charge in [-0.3, -0.25) is 0 Å². The van der Waals surface area contributed by atoms with E-state index in [4.69, 9.17) is 4.42 Å². The van der Waals surface area contributed by atoms with Crippen LogP contribution in [0.25, 0.3) is 16.8 Å². The number of fused-ring (bicyclic) bond motifs is 1. The van der Waals surface area contributed by atoms with Gasteiger partial charge in [-0.1, -0.05) is 48.5 Å². The molecule has 0 aliphatic rings. The molecule has 0 atom stereocenters. The molecule has 0 spiro atoms. The molecule has 2 aromatic heterocycles. The van der Waals surface area contributed by atoms with Crippen molar-refractivity contribution in [1.82, 2.24) is 9.78 Å². The highest BCUT2D eigenvalue weighted by molar-refractivity contribution is 5.82. The highest BCUT2D eigenvalue weighted by Gasteiger charge is 2.19. The monoisotopic (exact) mass is 330 g/mol. The average molecular weight is 330 g/mol. The summed E-state index contributed by atoms with van der Waals surface area (Å²) >= 11 is 0. The Hall–Kier alpha value is -3.14. The first-order valence-corrected chi connectivity index (χ1v) is 8.26. The standard InChI is InChI=1S/C21H18N2O2/c1-14-18(13-16-9-5-3-6-10-16)21(24)25-20-19(14)15(2)22-23(20)17-11-7-4-8-12-17/h3-12H,13H2,1-2H3. The summed E-state index contributed by atoms with van der Waals surface area (Å²) in [5.41, 5.74) is 4.65. The molecule has 4 rings (SSSR count). The number of aryl methyl sites for hydroxylation is 2. The lowest BCUT2D eigenvalue weighted by atomic mass is 10.0. The van der Waals surface area contributed by atoms with Crippen molar-refractivity contribution in [3.8, 4) is 5.69 Å². The summed E-state index contributed by atoms with van der Waals surface area (Å²) in [5, 5.41) is 5.51. The van der Waals surface area contributed by atoms with Gasteiger partial charge in [0.05, 0.1) is 16.8 Å². The van der Waals surface area contributed by atoms with Gasteiger partial charge in [0, 0.05) is 12.0 Å². The van der Waals surface area contributed by atoms with Crippen LogP contribution in [0.2, 0.25) is 0 Å². The fourth-order valence-electron chi connectivity index (χ4n) is 3.23. The van der Waals surface area contributed by atoms with Crippen LogP contribution in [0.4, 0.5) is 0 Å². The van der Waals surface area contributed by atoms with E-state index in [0.717, 1.165) is 27.9 Å². The second-order valence-corrected chi connectivity index (χ2v) is 6.17. The maximum absolute atomic E-state index is 12.6. The Morgan fingerprint density at radius 3 is 2.28 bits per heavy atom. The molecular formula is C21H18N2O2. The number of hydrogen-bond acceptors (Lipinski definition) is 3. The number of nitrogens with zero attached hydrogens (tertiary/aromatic N) is 2. The third kappa shape index (κ3) is 2.66. The third-order valence-electron chi connectivity index (χ3n) is 4.51. The Morgan fingerprint density at radius 1 is 0.960 bits per heavy atom. The van der Waals surface area contributed by atoms with Gasteiger partial charge in [-0.15, -0.1) is 0 Å². The minimum absolute atomic E-state index is 0.300. The highest BCUT2D eigenvalue weighted by atomic mass is 16.4. The zero-order chi connectivity index (χ0) is 17.4. The first-order chi connectivity index (χ1) is 12.1. The maximum atomic E-state index is 12.6. The summed E-state index contributed by atoms with van der Waals surface area (Å²) in [5.74, 6) is 0. The second kappa shape index (κ2) is 6.06. The van der Waals surface area contributed by atoms with Crippen LogP contribution < -0.4 is 5.63 Å². The molecule has 0 aliphatic heterocycles. The van der Waals surface area contributed by atoms with Crippen molar-refractivity contribution in [3.05, 3.63) is 93.5 Å². The first kappa shape index (κ1) is 15.4. The lowest BCUT2D eigenvalue weighted by Crippen LogP contribution is -2.11. The molecule has 0 saturated heterocycles. The first-order valence-electron chi connectivity index (χ1n) is 8.26. The van der Waals surface area contributed by atoms with Crippen LogP contribution >= 0.6 is 0 Å². The summed E-state index contributed by atoms with van der Waals surface area (Å²) in [6.07, 6.45) is 0.556. The molecule has 0 aliphatic carbocycles. The van der Waals surface area contributed by atoms with E-state index in [1.54, 1.807) is 4.68 Å². The molecule has 2 heterocycles. The predicted molar refractivity (Wildman–Crippen MR) is 98.3 cm³/mol. The molecule has 4 nitrogen and oxygen atoms in total. The van der Waals surface area contributed by atoms with Crippen LogP contribution in [0, 0.1) is 13.8 Å². The molecular weight excluding hydrogens is 312 g/mol. The zero-order valence-electron chi connectivity index (χ0n) is 14.2. The molecule has 25 heavy (non-hydrogen) atoms. The number of benzene rings is 2. The van der Waals surface area contributed by atoms with Crippen LogP contribution in [0.1, 0.15) is 22.4 Å². The van der Waals surface area contributed by atoms with E-state index >= 15 is 0 Å². The van der Waals surface area contributed by atoms with Crippen molar-refractivity contribution >= 4 is 11.1 Å². The number of rotatable bonds is 3.